The first-order valence-corrected chi connectivity index (χ1v) is 8.22. The van der Waals surface area contributed by atoms with Crippen molar-refractivity contribution in [3.8, 4) is 0 Å². The molecule has 24 heavy (non-hydrogen) atoms. The minimum Gasteiger partial charge on any atom is -0.358 e. The first-order valence-electron chi connectivity index (χ1n) is 8.22. The molecule has 0 saturated carbocycles. The maximum absolute atomic E-state index is 4.45. The van der Waals surface area contributed by atoms with Crippen LogP contribution in [0.4, 0.5) is 11.4 Å². The monoisotopic (exact) mass is 316 g/mol. The zero-order valence-electron chi connectivity index (χ0n) is 14.1. The lowest BCUT2D eigenvalue weighted by atomic mass is 10.0. The maximum Gasteiger partial charge on any atom is 0.116 e. The van der Waals surface area contributed by atoms with E-state index < -0.39 is 0 Å². The van der Waals surface area contributed by atoms with Gasteiger partial charge < -0.3 is 10.3 Å². The Balaban J connectivity index is 1.84. The van der Waals surface area contributed by atoms with Crippen molar-refractivity contribution in [2.45, 2.75) is 26.7 Å². The number of benzene rings is 2. The highest BCUT2D eigenvalue weighted by Crippen LogP contribution is 2.31. The molecule has 0 unspecified atom stereocenters. The van der Waals surface area contributed by atoms with E-state index in [1.54, 1.807) is 6.33 Å². The third-order valence-corrected chi connectivity index (χ3v) is 4.36. The van der Waals surface area contributed by atoms with Crippen molar-refractivity contribution < 1.29 is 0 Å². The number of aromatic nitrogens is 3. The summed E-state index contributed by atoms with van der Waals surface area (Å²) in [6, 6.07) is 14.8. The van der Waals surface area contributed by atoms with Crippen LogP contribution in [0.2, 0.25) is 0 Å². The second-order valence-corrected chi connectivity index (χ2v) is 6.50. The summed E-state index contributed by atoms with van der Waals surface area (Å²) in [5, 5.41) is 4.62. The molecule has 0 saturated heterocycles. The number of hydrogen-bond acceptors (Lipinski definition) is 3. The Bertz CT molecular complexity index is 1010. The number of H-pyrrole nitrogens is 1. The number of imidazole rings is 1. The summed E-state index contributed by atoms with van der Waals surface area (Å²) in [5.41, 5.74) is 7.45. The largest absolute Gasteiger partial charge is 0.358 e. The van der Waals surface area contributed by atoms with Crippen molar-refractivity contribution in [1.82, 2.24) is 15.0 Å². The lowest BCUT2D eigenvalue weighted by Crippen LogP contribution is -1.96. The summed E-state index contributed by atoms with van der Waals surface area (Å²) in [5.74, 6) is 0.535. The van der Waals surface area contributed by atoms with Gasteiger partial charge in [0.05, 0.1) is 11.2 Å². The third-order valence-electron chi connectivity index (χ3n) is 4.36. The van der Waals surface area contributed by atoms with Crippen LogP contribution in [0.25, 0.3) is 21.9 Å². The van der Waals surface area contributed by atoms with Crippen molar-refractivity contribution in [3.63, 3.8) is 0 Å². The van der Waals surface area contributed by atoms with Gasteiger partial charge in [0.15, 0.2) is 0 Å². The predicted molar refractivity (Wildman–Crippen MR) is 99.9 cm³/mol. The summed E-state index contributed by atoms with van der Waals surface area (Å²) < 4.78 is 0. The second kappa shape index (κ2) is 5.64. The molecule has 0 bridgehead atoms. The van der Waals surface area contributed by atoms with E-state index in [1.807, 2.05) is 6.07 Å². The van der Waals surface area contributed by atoms with Crippen LogP contribution in [0.1, 0.15) is 31.0 Å². The van der Waals surface area contributed by atoms with Gasteiger partial charge in [-0.1, -0.05) is 26.0 Å². The molecular formula is C20H20N4. The summed E-state index contributed by atoms with van der Waals surface area (Å²) in [6.45, 7) is 6.47. The quantitative estimate of drug-likeness (QED) is 0.540. The van der Waals surface area contributed by atoms with E-state index in [1.165, 1.54) is 5.56 Å². The lowest BCUT2D eigenvalue weighted by Gasteiger charge is -2.13. The van der Waals surface area contributed by atoms with Crippen LogP contribution in [0.3, 0.4) is 0 Å². The summed E-state index contributed by atoms with van der Waals surface area (Å²) in [7, 11) is 0. The van der Waals surface area contributed by atoms with Crippen molar-refractivity contribution in [1.29, 1.82) is 0 Å². The van der Waals surface area contributed by atoms with Crippen LogP contribution in [-0.4, -0.2) is 15.0 Å². The van der Waals surface area contributed by atoms with Crippen molar-refractivity contribution >= 4 is 33.3 Å². The molecule has 0 spiro atoms. The molecule has 4 heteroatoms. The Kier molecular flexibility index (Phi) is 3.45. The van der Waals surface area contributed by atoms with Gasteiger partial charge >= 0.3 is 0 Å². The number of pyridine rings is 1. The summed E-state index contributed by atoms with van der Waals surface area (Å²) in [4.78, 5) is 12.2. The number of anilines is 2. The molecule has 4 nitrogen and oxygen atoms in total. The standard InChI is InChI=1S/C20H20N4/c1-12(2)14-4-6-15(7-5-14)24-18-10-13(3)23-16-8-9-17-20(19(16)18)22-11-21-17/h4-12,23-24H,1-3H3. The number of nitrogens with zero attached hydrogens (tertiary/aromatic N) is 2. The smallest absolute Gasteiger partial charge is 0.116 e. The first kappa shape index (κ1) is 14.7. The third kappa shape index (κ3) is 2.50. The number of fused-ring (bicyclic) bond motifs is 3. The van der Waals surface area contributed by atoms with E-state index >= 15 is 0 Å². The fraction of sp³-hybridized carbons (Fsp3) is 0.200. The predicted octanol–water partition coefficient (Wildman–Crippen LogP) is 5.29. The van der Waals surface area contributed by atoms with E-state index in [-0.39, 0.29) is 0 Å². The molecule has 120 valence electrons. The van der Waals surface area contributed by atoms with E-state index in [4.69, 9.17) is 0 Å². The molecular weight excluding hydrogens is 296 g/mol. The zero-order chi connectivity index (χ0) is 16.7. The van der Waals surface area contributed by atoms with Gasteiger partial charge in [0, 0.05) is 22.3 Å². The molecule has 0 radical (unpaired) electrons. The van der Waals surface area contributed by atoms with Crippen molar-refractivity contribution in [3.05, 3.63) is 60.0 Å². The van der Waals surface area contributed by atoms with Gasteiger partial charge in [0.2, 0.25) is 0 Å². The highest BCUT2D eigenvalue weighted by molar-refractivity contribution is 6.10. The molecule has 0 aliphatic heterocycles. The Labute approximate surface area is 141 Å². The van der Waals surface area contributed by atoms with E-state index in [2.05, 4.69) is 77.4 Å². The number of nitrogens with one attached hydrogen (secondary N) is 2. The Morgan fingerprint density at radius 3 is 2.54 bits per heavy atom. The minimum atomic E-state index is 0.535. The molecule has 4 aromatic rings. The Morgan fingerprint density at radius 2 is 1.79 bits per heavy atom. The van der Waals surface area contributed by atoms with E-state index in [0.717, 1.165) is 39.0 Å². The topological polar surface area (TPSA) is 53.6 Å². The van der Waals surface area contributed by atoms with Crippen LogP contribution < -0.4 is 5.32 Å². The van der Waals surface area contributed by atoms with Crippen LogP contribution in [0.15, 0.2) is 48.8 Å². The highest BCUT2D eigenvalue weighted by Gasteiger charge is 2.10. The number of aromatic amines is 1. The lowest BCUT2D eigenvalue weighted by molar-refractivity contribution is 0.867. The van der Waals surface area contributed by atoms with Gasteiger partial charge in [-0.2, -0.15) is 0 Å². The highest BCUT2D eigenvalue weighted by atomic mass is 14.9. The van der Waals surface area contributed by atoms with Crippen LogP contribution in [0, 0.1) is 6.92 Å². The second-order valence-electron chi connectivity index (χ2n) is 6.50. The molecule has 0 amide bonds. The molecule has 0 atom stereocenters. The SMILES string of the molecule is Cc1cc(Nc2ccc(C(C)C)cc2)c2c(ccc3ncnc32)[nH]1. The van der Waals surface area contributed by atoms with E-state index in [9.17, 15) is 0 Å². The van der Waals surface area contributed by atoms with E-state index in [0.29, 0.717) is 5.92 Å². The molecule has 0 fully saturated rings. The van der Waals surface area contributed by atoms with Gasteiger partial charge in [0.25, 0.3) is 0 Å². The average Bonchev–Trinajstić information content (AvgIpc) is 3.03. The van der Waals surface area contributed by atoms with Gasteiger partial charge in [-0.3, -0.25) is 0 Å². The molecule has 0 aliphatic carbocycles. The molecule has 2 heterocycles. The van der Waals surface area contributed by atoms with Crippen LogP contribution in [-0.2, 0) is 0 Å². The average molecular weight is 316 g/mol. The van der Waals surface area contributed by atoms with Gasteiger partial charge in [-0.15, -0.1) is 0 Å². The molecule has 0 aliphatic rings. The normalized spacial score (nSPS) is 11.5. The van der Waals surface area contributed by atoms with Gasteiger partial charge in [0.1, 0.15) is 11.8 Å². The fourth-order valence-corrected chi connectivity index (χ4v) is 3.08. The minimum absolute atomic E-state index is 0.535. The fourth-order valence-electron chi connectivity index (χ4n) is 3.08. The number of hydrogen-bond donors (Lipinski definition) is 2. The van der Waals surface area contributed by atoms with Crippen molar-refractivity contribution in [2.24, 2.45) is 0 Å². The van der Waals surface area contributed by atoms with Gasteiger partial charge in [-0.25, -0.2) is 9.97 Å². The number of aryl methyl sites for hydroxylation is 1. The van der Waals surface area contributed by atoms with Crippen LogP contribution in [0.5, 0.6) is 0 Å². The first-order chi connectivity index (χ1) is 11.6. The molecule has 2 aromatic carbocycles. The Morgan fingerprint density at radius 1 is 1.00 bits per heavy atom. The summed E-state index contributed by atoms with van der Waals surface area (Å²) >= 11 is 0. The molecule has 2 N–H and O–H groups in total. The molecule has 2 aromatic heterocycles. The number of rotatable bonds is 3. The zero-order valence-corrected chi connectivity index (χ0v) is 14.1. The molecule has 4 rings (SSSR count). The maximum atomic E-state index is 4.45. The van der Waals surface area contributed by atoms with Crippen LogP contribution >= 0.6 is 0 Å². The Hall–Kier alpha value is -2.88. The van der Waals surface area contributed by atoms with Gasteiger partial charge in [-0.05, 0) is 48.7 Å². The van der Waals surface area contributed by atoms with Crippen molar-refractivity contribution in [2.75, 3.05) is 5.32 Å². The summed E-state index contributed by atoms with van der Waals surface area (Å²) in [6.07, 6.45) is 1.62.